The van der Waals surface area contributed by atoms with E-state index in [0.717, 1.165) is 21.7 Å². The number of rotatable bonds is 11. The third kappa shape index (κ3) is 6.89. The van der Waals surface area contributed by atoms with Crippen LogP contribution in [0.25, 0.3) is 0 Å². The van der Waals surface area contributed by atoms with Crippen LogP contribution in [0.1, 0.15) is 48.5 Å². The van der Waals surface area contributed by atoms with Crippen LogP contribution in [0.3, 0.4) is 0 Å². The lowest BCUT2D eigenvalue weighted by Crippen LogP contribution is -2.67. The summed E-state index contributed by atoms with van der Waals surface area (Å²) >= 11 is 6.10. The van der Waals surface area contributed by atoms with Crippen LogP contribution in [0.2, 0.25) is 10.1 Å². The molecule has 1 heterocycles. The van der Waals surface area contributed by atoms with Crippen LogP contribution in [-0.2, 0) is 11.0 Å². The molecule has 1 atom stereocenters. The van der Waals surface area contributed by atoms with Gasteiger partial charge in [-0.1, -0.05) is 105 Å². The molecular weight excluding hydrogens is 600 g/mol. The second kappa shape index (κ2) is 13.8. The molecule has 0 aliphatic rings. The number of benzene rings is 4. The van der Waals surface area contributed by atoms with Crippen molar-refractivity contribution in [1.29, 1.82) is 0 Å². The molecule has 0 saturated heterocycles. The van der Waals surface area contributed by atoms with Crippen molar-refractivity contribution in [2.45, 2.75) is 38.5 Å². The second-order valence-corrected chi connectivity index (χ2v) is 16.6. The Balaban J connectivity index is 1.61. The van der Waals surface area contributed by atoms with E-state index in [4.69, 9.17) is 31.5 Å². The number of halogens is 1. The SMILES string of the molecule is COc1ccc(Cn2cnc([C@@H](CN)O[Si](c3ccccc3)(c3ccccc3)C(C)(C)C)c2NC(=O)c2ccc(Cl)cc2)cc1. The minimum Gasteiger partial charge on any atom is -0.497 e. The van der Waals surface area contributed by atoms with E-state index < -0.39 is 14.4 Å². The number of nitrogens with two attached hydrogens (primary N) is 1. The Hall–Kier alpha value is -4.21. The van der Waals surface area contributed by atoms with Gasteiger partial charge in [-0.15, -0.1) is 0 Å². The van der Waals surface area contributed by atoms with Crippen LogP contribution in [0.15, 0.2) is 116 Å². The number of imidazole rings is 1. The maximum atomic E-state index is 13.6. The molecule has 9 heteroatoms. The number of aromatic nitrogens is 2. The van der Waals surface area contributed by atoms with Gasteiger partial charge in [0, 0.05) is 17.1 Å². The van der Waals surface area contributed by atoms with Gasteiger partial charge in [0.05, 0.1) is 20.0 Å². The Kier molecular flexibility index (Phi) is 9.89. The number of methoxy groups -OCH3 is 1. The van der Waals surface area contributed by atoms with Crippen molar-refractivity contribution in [3.63, 3.8) is 0 Å². The van der Waals surface area contributed by atoms with Crippen molar-refractivity contribution in [1.82, 2.24) is 9.55 Å². The molecule has 0 unspecified atom stereocenters. The molecule has 0 aliphatic carbocycles. The van der Waals surface area contributed by atoms with Crippen molar-refractivity contribution in [2.24, 2.45) is 5.73 Å². The van der Waals surface area contributed by atoms with Gasteiger partial charge < -0.3 is 24.8 Å². The van der Waals surface area contributed by atoms with E-state index in [1.165, 1.54) is 0 Å². The zero-order valence-corrected chi connectivity index (χ0v) is 27.8. The monoisotopic (exact) mass is 638 g/mol. The van der Waals surface area contributed by atoms with Crippen molar-refractivity contribution in [3.05, 3.63) is 137 Å². The average Bonchev–Trinajstić information content (AvgIpc) is 3.43. The Labute approximate surface area is 271 Å². The number of hydrogen-bond donors (Lipinski definition) is 2. The molecule has 5 rings (SSSR count). The van der Waals surface area contributed by atoms with E-state index in [1.807, 2.05) is 65.2 Å². The predicted molar refractivity (Wildman–Crippen MR) is 184 cm³/mol. The molecule has 5 aromatic rings. The summed E-state index contributed by atoms with van der Waals surface area (Å²) in [5, 5.41) is 5.67. The lowest BCUT2D eigenvalue weighted by atomic mass is 10.2. The van der Waals surface area contributed by atoms with Gasteiger partial charge in [0.1, 0.15) is 23.4 Å². The first-order valence-corrected chi connectivity index (χ1v) is 17.2. The zero-order valence-electron chi connectivity index (χ0n) is 26.0. The summed E-state index contributed by atoms with van der Waals surface area (Å²) in [5.41, 5.74) is 8.59. The van der Waals surface area contributed by atoms with Gasteiger partial charge in [-0.05, 0) is 57.4 Å². The fourth-order valence-corrected chi connectivity index (χ4v) is 10.5. The normalized spacial score (nSPS) is 12.5. The highest BCUT2D eigenvalue weighted by Crippen LogP contribution is 2.40. The summed E-state index contributed by atoms with van der Waals surface area (Å²) in [6, 6.07) is 35.4. The van der Waals surface area contributed by atoms with E-state index in [0.29, 0.717) is 28.6 Å². The summed E-state index contributed by atoms with van der Waals surface area (Å²) in [7, 11) is -1.36. The summed E-state index contributed by atoms with van der Waals surface area (Å²) in [4.78, 5) is 18.4. The lowest BCUT2D eigenvalue weighted by molar-refractivity contribution is 0.102. The molecule has 0 bridgehead atoms. The molecule has 0 saturated carbocycles. The molecule has 0 spiro atoms. The molecule has 232 valence electrons. The molecule has 1 amide bonds. The molecule has 4 aromatic carbocycles. The van der Waals surface area contributed by atoms with Gasteiger partial charge in [0.25, 0.3) is 14.2 Å². The molecule has 0 fully saturated rings. The van der Waals surface area contributed by atoms with Crippen molar-refractivity contribution in [3.8, 4) is 5.75 Å². The van der Waals surface area contributed by atoms with Crippen molar-refractivity contribution in [2.75, 3.05) is 19.0 Å². The number of hydrogen-bond acceptors (Lipinski definition) is 5. The second-order valence-electron chi connectivity index (χ2n) is 11.9. The molecule has 0 aliphatic heterocycles. The van der Waals surface area contributed by atoms with E-state index in [-0.39, 0.29) is 17.5 Å². The number of carbonyl (C=O) groups is 1. The van der Waals surface area contributed by atoms with E-state index in [1.54, 1.807) is 37.7 Å². The molecule has 0 radical (unpaired) electrons. The number of carbonyl (C=O) groups excluding carboxylic acids is 1. The summed E-state index contributed by atoms with van der Waals surface area (Å²) in [5.74, 6) is 1.01. The number of nitrogens with zero attached hydrogens (tertiary/aromatic N) is 2. The summed E-state index contributed by atoms with van der Waals surface area (Å²) < 4.78 is 14.7. The maximum absolute atomic E-state index is 13.6. The highest BCUT2D eigenvalue weighted by molar-refractivity contribution is 6.99. The Morgan fingerprint density at radius 3 is 2.00 bits per heavy atom. The topological polar surface area (TPSA) is 91.4 Å². The molecule has 7 nitrogen and oxygen atoms in total. The van der Waals surface area contributed by atoms with Gasteiger partial charge in [0.15, 0.2) is 0 Å². The summed E-state index contributed by atoms with van der Waals surface area (Å²) in [6.45, 7) is 7.28. The Bertz CT molecular complexity index is 1660. The minimum atomic E-state index is -3.00. The van der Waals surface area contributed by atoms with Crippen LogP contribution in [0.5, 0.6) is 5.75 Å². The fourth-order valence-electron chi connectivity index (χ4n) is 5.72. The highest BCUT2D eigenvalue weighted by Gasteiger charge is 2.52. The van der Waals surface area contributed by atoms with Crippen LogP contribution in [-0.4, -0.2) is 37.4 Å². The van der Waals surface area contributed by atoms with Crippen LogP contribution in [0.4, 0.5) is 5.82 Å². The maximum Gasteiger partial charge on any atom is 0.262 e. The largest absolute Gasteiger partial charge is 0.497 e. The first-order valence-electron chi connectivity index (χ1n) is 14.9. The quantitative estimate of drug-likeness (QED) is 0.163. The van der Waals surface area contributed by atoms with Crippen LogP contribution < -0.4 is 26.2 Å². The lowest BCUT2D eigenvalue weighted by Gasteiger charge is -2.45. The first-order chi connectivity index (χ1) is 21.7. The van der Waals surface area contributed by atoms with Crippen molar-refractivity contribution < 1.29 is 14.0 Å². The molecule has 1 aromatic heterocycles. The summed E-state index contributed by atoms with van der Waals surface area (Å²) in [6.07, 6.45) is 1.11. The minimum absolute atomic E-state index is 0.161. The molecular formula is C36H39ClN4O3Si. The average molecular weight is 639 g/mol. The van der Waals surface area contributed by atoms with Crippen LogP contribution >= 0.6 is 11.6 Å². The predicted octanol–water partition coefficient (Wildman–Crippen LogP) is 6.42. The van der Waals surface area contributed by atoms with Gasteiger partial charge in [-0.2, -0.15) is 0 Å². The fraction of sp³-hybridized carbons (Fsp3) is 0.222. The van der Waals surface area contributed by atoms with Gasteiger partial charge >= 0.3 is 0 Å². The van der Waals surface area contributed by atoms with Crippen molar-refractivity contribution >= 4 is 42.0 Å². The number of ether oxygens (including phenoxy) is 1. The molecule has 3 N–H and O–H groups in total. The van der Waals surface area contributed by atoms with E-state index in [9.17, 15) is 4.79 Å². The number of anilines is 1. The van der Waals surface area contributed by atoms with E-state index in [2.05, 4.69) is 50.4 Å². The molecule has 45 heavy (non-hydrogen) atoms. The third-order valence-electron chi connectivity index (χ3n) is 7.97. The Morgan fingerprint density at radius 2 is 1.49 bits per heavy atom. The van der Waals surface area contributed by atoms with Gasteiger partial charge in [-0.3, -0.25) is 4.79 Å². The standard InChI is InChI=1S/C36H39ClN4O3Si/c1-36(2,3)45(30-11-7-5-8-12-30,31-13-9-6-10-14-31)44-32(23-38)33-34(40-35(42)27-17-19-28(37)20-18-27)41(25-39-33)24-26-15-21-29(43-4)22-16-26/h5-22,25,32H,23-24,38H2,1-4H3,(H,40,42)/t32-/m1/s1. The zero-order chi connectivity index (χ0) is 32.0. The first kappa shape index (κ1) is 32.2. The van der Waals surface area contributed by atoms with Gasteiger partial charge in [0.2, 0.25) is 0 Å². The van der Waals surface area contributed by atoms with Crippen LogP contribution in [0, 0.1) is 0 Å². The number of amides is 1. The Morgan fingerprint density at radius 1 is 0.911 bits per heavy atom. The highest BCUT2D eigenvalue weighted by atomic mass is 35.5. The van der Waals surface area contributed by atoms with Gasteiger partial charge in [-0.25, -0.2) is 4.98 Å². The number of nitrogens with one attached hydrogen (secondary N) is 1. The third-order valence-corrected chi connectivity index (χ3v) is 13.3. The van der Waals surface area contributed by atoms with E-state index >= 15 is 0 Å². The smallest absolute Gasteiger partial charge is 0.262 e.